The zero-order valence-electron chi connectivity index (χ0n) is 9.15. The van der Waals surface area contributed by atoms with Crippen molar-refractivity contribution in [1.82, 2.24) is 0 Å². The molecule has 1 heterocycles. The van der Waals surface area contributed by atoms with Crippen molar-refractivity contribution >= 4 is 0 Å². The van der Waals surface area contributed by atoms with Gasteiger partial charge >= 0.3 is 0 Å². The van der Waals surface area contributed by atoms with E-state index in [0.717, 1.165) is 12.8 Å². The Labute approximate surface area is 90.6 Å². The lowest BCUT2D eigenvalue weighted by atomic mass is 9.82. The van der Waals surface area contributed by atoms with Crippen molar-refractivity contribution < 1.29 is 9.52 Å². The number of allylic oxidation sites excluding steroid dienone is 1. The quantitative estimate of drug-likeness (QED) is 0.770. The minimum absolute atomic E-state index is 0.630. The van der Waals surface area contributed by atoms with Crippen LogP contribution in [0.25, 0.3) is 0 Å². The Morgan fingerprint density at radius 2 is 2.47 bits per heavy atom. The van der Waals surface area contributed by atoms with Gasteiger partial charge in [0.05, 0.1) is 6.26 Å². The summed E-state index contributed by atoms with van der Waals surface area (Å²) in [5.41, 5.74) is -0.867. The Morgan fingerprint density at radius 3 is 3.00 bits per heavy atom. The van der Waals surface area contributed by atoms with Crippen LogP contribution in [0.15, 0.2) is 35.0 Å². The maximum absolute atomic E-state index is 10.3. The van der Waals surface area contributed by atoms with E-state index in [-0.39, 0.29) is 0 Å². The fourth-order valence-corrected chi connectivity index (χ4v) is 2.22. The van der Waals surface area contributed by atoms with E-state index in [1.807, 2.05) is 18.2 Å². The molecule has 1 aromatic heterocycles. The number of aliphatic hydroxyl groups is 1. The van der Waals surface area contributed by atoms with Gasteiger partial charge < -0.3 is 9.52 Å². The molecule has 0 saturated heterocycles. The van der Waals surface area contributed by atoms with Gasteiger partial charge in [-0.15, -0.1) is 0 Å². The minimum atomic E-state index is -0.867. The third-order valence-corrected chi connectivity index (χ3v) is 3.15. The number of hydrogen-bond acceptors (Lipinski definition) is 2. The van der Waals surface area contributed by atoms with E-state index in [9.17, 15) is 5.11 Å². The zero-order chi connectivity index (χ0) is 10.7. The van der Waals surface area contributed by atoms with E-state index >= 15 is 0 Å². The molecule has 2 rings (SSSR count). The smallest absolute Gasteiger partial charge is 0.140 e. The summed E-state index contributed by atoms with van der Waals surface area (Å²) in [7, 11) is 0. The summed E-state index contributed by atoms with van der Waals surface area (Å²) < 4.78 is 5.27. The summed E-state index contributed by atoms with van der Waals surface area (Å²) in [5, 5.41) is 10.3. The molecule has 1 aliphatic carbocycles. The first-order valence-electron chi connectivity index (χ1n) is 5.70. The van der Waals surface area contributed by atoms with Crippen molar-refractivity contribution in [3.8, 4) is 0 Å². The zero-order valence-corrected chi connectivity index (χ0v) is 9.15. The fourth-order valence-electron chi connectivity index (χ4n) is 2.22. The Morgan fingerprint density at radius 1 is 1.60 bits per heavy atom. The molecule has 0 bridgehead atoms. The predicted molar refractivity (Wildman–Crippen MR) is 59.4 cm³/mol. The topological polar surface area (TPSA) is 33.4 Å². The summed E-state index contributed by atoms with van der Waals surface area (Å²) >= 11 is 0. The lowest BCUT2D eigenvalue weighted by molar-refractivity contribution is 0.0433. The van der Waals surface area contributed by atoms with Crippen LogP contribution in [-0.4, -0.2) is 5.11 Å². The monoisotopic (exact) mass is 206 g/mol. The lowest BCUT2D eigenvalue weighted by Crippen LogP contribution is -2.26. The summed E-state index contributed by atoms with van der Waals surface area (Å²) in [6.07, 6.45) is 9.87. The van der Waals surface area contributed by atoms with E-state index in [2.05, 4.69) is 13.0 Å². The van der Waals surface area contributed by atoms with Crippen molar-refractivity contribution in [2.45, 2.75) is 38.2 Å². The molecule has 1 aromatic rings. The lowest BCUT2D eigenvalue weighted by Gasteiger charge is -2.29. The molecule has 82 valence electrons. The Kier molecular flexibility index (Phi) is 2.96. The summed E-state index contributed by atoms with van der Waals surface area (Å²) in [5.74, 6) is 1.29. The molecule has 2 heteroatoms. The van der Waals surface area contributed by atoms with Gasteiger partial charge in [0.25, 0.3) is 0 Å². The molecule has 0 aliphatic heterocycles. The first-order chi connectivity index (χ1) is 7.24. The van der Waals surface area contributed by atoms with Gasteiger partial charge in [0.1, 0.15) is 11.4 Å². The summed E-state index contributed by atoms with van der Waals surface area (Å²) in [4.78, 5) is 0. The average Bonchev–Trinajstić information content (AvgIpc) is 2.76. The standard InChI is InChI=1S/C13H18O2/c1-2-4-11-6-8-13(14,9-7-11)12-5-3-10-15-12/h3,5-6,8,10-11,14H,2,4,7,9H2,1H3. The number of furan rings is 1. The molecule has 0 spiro atoms. The van der Waals surface area contributed by atoms with Gasteiger partial charge in [0, 0.05) is 0 Å². The Bertz CT molecular complexity index is 326. The molecule has 2 unspecified atom stereocenters. The first kappa shape index (κ1) is 10.5. The molecular formula is C13H18O2. The van der Waals surface area contributed by atoms with E-state index in [1.165, 1.54) is 12.8 Å². The van der Waals surface area contributed by atoms with Gasteiger partial charge in [0.2, 0.25) is 0 Å². The molecule has 0 aromatic carbocycles. The molecule has 1 aliphatic rings. The van der Waals surface area contributed by atoms with Gasteiger partial charge in [-0.05, 0) is 43.4 Å². The highest BCUT2D eigenvalue weighted by atomic mass is 16.4. The van der Waals surface area contributed by atoms with E-state index in [1.54, 1.807) is 6.26 Å². The van der Waals surface area contributed by atoms with Crippen molar-refractivity contribution in [3.05, 3.63) is 36.3 Å². The molecular weight excluding hydrogens is 188 g/mol. The SMILES string of the molecule is CCCC1C=CC(O)(c2ccco2)CC1. The van der Waals surface area contributed by atoms with Gasteiger partial charge in [0.15, 0.2) is 0 Å². The molecule has 0 saturated carbocycles. The number of hydrogen-bond donors (Lipinski definition) is 1. The molecule has 2 nitrogen and oxygen atoms in total. The predicted octanol–water partition coefficient (Wildman–Crippen LogP) is 3.23. The highest BCUT2D eigenvalue weighted by Crippen LogP contribution is 2.35. The van der Waals surface area contributed by atoms with Gasteiger partial charge in [-0.25, -0.2) is 0 Å². The second kappa shape index (κ2) is 4.23. The highest BCUT2D eigenvalue weighted by Gasteiger charge is 2.32. The highest BCUT2D eigenvalue weighted by molar-refractivity contribution is 5.20. The minimum Gasteiger partial charge on any atom is -0.466 e. The van der Waals surface area contributed by atoms with Crippen LogP contribution in [0.1, 0.15) is 38.4 Å². The van der Waals surface area contributed by atoms with Crippen LogP contribution in [0.5, 0.6) is 0 Å². The molecule has 0 fully saturated rings. The van der Waals surface area contributed by atoms with Crippen LogP contribution in [0.2, 0.25) is 0 Å². The second-order valence-electron chi connectivity index (χ2n) is 4.35. The molecule has 2 atom stereocenters. The normalized spacial score (nSPS) is 30.7. The van der Waals surface area contributed by atoms with Crippen LogP contribution in [0.4, 0.5) is 0 Å². The van der Waals surface area contributed by atoms with Gasteiger partial charge in [-0.2, -0.15) is 0 Å². The van der Waals surface area contributed by atoms with Crippen molar-refractivity contribution in [2.24, 2.45) is 5.92 Å². The fraction of sp³-hybridized carbons (Fsp3) is 0.538. The van der Waals surface area contributed by atoms with E-state index in [0.29, 0.717) is 11.7 Å². The van der Waals surface area contributed by atoms with Crippen LogP contribution in [0.3, 0.4) is 0 Å². The third-order valence-electron chi connectivity index (χ3n) is 3.15. The maximum Gasteiger partial charge on any atom is 0.140 e. The van der Waals surface area contributed by atoms with Crippen LogP contribution in [0, 0.1) is 5.92 Å². The molecule has 15 heavy (non-hydrogen) atoms. The summed E-state index contributed by atoms with van der Waals surface area (Å²) in [6.45, 7) is 2.20. The van der Waals surface area contributed by atoms with E-state index in [4.69, 9.17) is 4.42 Å². The number of rotatable bonds is 3. The van der Waals surface area contributed by atoms with Gasteiger partial charge in [-0.3, -0.25) is 0 Å². The van der Waals surface area contributed by atoms with Crippen molar-refractivity contribution in [1.29, 1.82) is 0 Å². The first-order valence-corrected chi connectivity index (χ1v) is 5.70. The summed E-state index contributed by atoms with van der Waals surface area (Å²) in [6, 6.07) is 3.66. The Hall–Kier alpha value is -1.02. The maximum atomic E-state index is 10.3. The average molecular weight is 206 g/mol. The largest absolute Gasteiger partial charge is 0.466 e. The molecule has 1 N–H and O–H groups in total. The van der Waals surface area contributed by atoms with Crippen LogP contribution >= 0.6 is 0 Å². The van der Waals surface area contributed by atoms with Crippen molar-refractivity contribution in [3.63, 3.8) is 0 Å². The molecule has 0 amide bonds. The van der Waals surface area contributed by atoms with Gasteiger partial charge in [-0.1, -0.05) is 19.4 Å². The van der Waals surface area contributed by atoms with Crippen LogP contribution in [-0.2, 0) is 5.60 Å². The Balaban J connectivity index is 2.10. The third kappa shape index (κ3) is 2.15. The van der Waals surface area contributed by atoms with E-state index < -0.39 is 5.60 Å². The van der Waals surface area contributed by atoms with Crippen molar-refractivity contribution in [2.75, 3.05) is 0 Å². The van der Waals surface area contributed by atoms with Crippen LogP contribution < -0.4 is 0 Å². The molecule has 0 radical (unpaired) electrons. The second-order valence-corrected chi connectivity index (χ2v) is 4.35.